The van der Waals surface area contributed by atoms with Crippen molar-refractivity contribution in [3.63, 3.8) is 0 Å². The molecule has 0 bridgehead atoms. The molecule has 16 heavy (non-hydrogen) atoms. The van der Waals surface area contributed by atoms with Gasteiger partial charge in [0, 0.05) is 5.54 Å². The monoisotopic (exact) mass is 253 g/mol. The van der Waals surface area contributed by atoms with Crippen LogP contribution in [0.25, 0.3) is 0 Å². The number of esters is 1. The highest BCUT2D eigenvalue weighted by Crippen LogP contribution is 2.10. The first kappa shape index (κ1) is 18.1. The maximum absolute atomic E-state index is 11.6. The molecule has 0 aromatic rings. The molecule has 0 saturated carbocycles. The van der Waals surface area contributed by atoms with Crippen LogP contribution in [0.2, 0.25) is 0 Å². The average molecular weight is 254 g/mol. The first-order valence-electron chi connectivity index (χ1n) is 5.16. The average Bonchev–Trinajstić information content (AvgIpc) is 1.94. The molecule has 2 N–H and O–H groups in total. The van der Waals surface area contributed by atoms with Crippen LogP contribution in [0.1, 0.15) is 41.5 Å². The Morgan fingerprint density at radius 1 is 1.25 bits per heavy atom. The molecule has 98 valence electrons. The Labute approximate surface area is 104 Å². The maximum atomic E-state index is 11.6. The Bertz CT molecular complexity index is 218. The molecule has 0 fully saturated rings. The number of hydrogen-bond acceptors (Lipinski definition) is 4. The topological polar surface area (TPSA) is 58.6 Å². The largest absolute Gasteiger partial charge is 0.459 e. The molecular weight excluding hydrogens is 230 g/mol. The molecule has 0 aromatic carbocycles. The predicted molar refractivity (Wildman–Crippen MR) is 66.9 cm³/mol. The second kappa shape index (κ2) is 6.42. The van der Waals surface area contributed by atoms with Gasteiger partial charge in [0.1, 0.15) is 11.6 Å². The standard InChI is InChI=1S/C11H23NO3.ClH/c1-10(2,3)12-8(7-13)9(14)15-11(4,5)6;/h8,12-13H,7H2,1-6H3;1H. The lowest BCUT2D eigenvalue weighted by molar-refractivity contribution is -0.159. The molecule has 0 rings (SSSR count). The van der Waals surface area contributed by atoms with Crippen LogP contribution in [0.15, 0.2) is 0 Å². The van der Waals surface area contributed by atoms with Crippen LogP contribution in [-0.4, -0.2) is 34.9 Å². The summed E-state index contributed by atoms with van der Waals surface area (Å²) in [5, 5.41) is 12.1. The quantitative estimate of drug-likeness (QED) is 0.749. The molecule has 1 atom stereocenters. The van der Waals surface area contributed by atoms with Gasteiger partial charge in [-0.25, -0.2) is 0 Å². The van der Waals surface area contributed by atoms with Gasteiger partial charge in [-0.15, -0.1) is 12.4 Å². The highest BCUT2D eigenvalue weighted by molar-refractivity contribution is 5.85. The number of aliphatic hydroxyl groups is 1. The first-order chi connectivity index (χ1) is 6.55. The van der Waals surface area contributed by atoms with Gasteiger partial charge in [-0.05, 0) is 41.5 Å². The van der Waals surface area contributed by atoms with E-state index in [9.17, 15) is 4.79 Å². The number of nitrogens with one attached hydrogen (secondary N) is 1. The van der Waals surface area contributed by atoms with Crippen molar-refractivity contribution < 1.29 is 14.6 Å². The van der Waals surface area contributed by atoms with Crippen LogP contribution in [0.3, 0.4) is 0 Å². The Morgan fingerprint density at radius 3 is 1.94 bits per heavy atom. The van der Waals surface area contributed by atoms with Crippen molar-refractivity contribution in [1.29, 1.82) is 0 Å². The zero-order valence-corrected chi connectivity index (χ0v) is 11.8. The fourth-order valence-corrected chi connectivity index (χ4v) is 1.07. The van der Waals surface area contributed by atoms with Gasteiger partial charge in [0.15, 0.2) is 0 Å². The molecule has 0 amide bonds. The number of halogens is 1. The summed E-state index contributed by atoms with van der Waals surface area (Å²) in [6.45, 7) is 10.9. The molecule has 0 aliphatic carbocycles. The normalized spacial score (nSPS) is 13.9. The van der Waals surface area contributed by atoms with E-state index in [1.54, 1.807) is 20.8 Å². The van der Waals surface area contributed by atoms with E-state index in [1.165, 1.54) is 0 Å². The number of carbonyl (C=O) groups excluding carboxylic acids is 1. The van der Waals surface area contributed by atoms with Crippen LogP contribution in [0.4, 0.5) is 0 Å². The summed E-state index contributed by atoms with van der Waals surface area (Å²) < 4.78 is 5.18. The Morgan fingerprint density at radius 2 is 1.69 bits per heavy atom. The third-order valence-electron chi connectivity index (χ3n) is 1.48. The molecule has 0 aliphatic heterocycles. The Hall–Kier alpha value is -0.320. The van der Waals surface area contributed by atoms with E-state index in [4.69, 9.17) is 9.84 Å². The lowest BCUT2D eigenvalue weighted by Crippen LogP contribution is -2.51. The van der Waals surface area contributed by atoms with Crippen molar-refractivity contribution in [3.05, 3.63) is 0 Å². The first-order valence-corrected chi connectivity index (χ1v) is 5.16. The number of rotatable bonds is 3. The second-order valence-electron chi connectivity index (χ2n) is 5.66. The van der Waals surface area contributed by atoms with E-state index >= 15 is 0 Å². The molecule has 4 nitrogen and oxygen atoms in total. The number of aliphatic hydroxyl groups excluding tert-OH is 1. The highest BCUT2D eigenvalue weighted by atomic mass is 35.5. The third-order valence-corrected chi connectivity index (χ3v) is 1.48. The Kier molecular flexibility index (Phi) is 7.25. The summed E-state index contributed by atoms with van der Waals surface area (Å²) in [6, 6.07) is -0.663. The lowest BCUT2D eigenvalue weighted by atomic mass is 10.1. The summed E-state index contributed by atoms with van der Waals surface area (Å²) >= 11 is 0. The summed E-state index contributed by atoms with van der Waals surface area (Å²) in [5.41, 5.74) is -0.756. The van der Waals surface area contributed by atoms with Crippen LogP contribution in [0, 0.1) is 0 Å². The zero-order chi connectivity index (χ0) is 12.3. The van der Waals surface area contributed by atoms with Crippen LogP contribution >= 0.6 is 12.4 Å². The smallest absolute Gasteiger partial charge is 0.326 e. The van der Waals surface area contributed by atoms with Gasteiger partial charge in [-0.2, -0.15) is 0 Å². The molecule has 5 heteroatoms. The van der Waals surface area contributed by atoms with Gasteiger partial charge in [-0.1, -0.05) is 0 Å². The molecular formula is C11H24ClNO3. The predicted octanol–water partition coefficient (Wildman–Crippen LogP) is 1.50. The summed E-state index contributed by atoms with van der Waals surface area (Å²) in [4.78, 5) is 11.6. The minimum atomic E-state index is -0.663. The van der Waals surface area contributed by atoms with E-state index in [2.05, 4.69) is 5.32 Å². The van der Waals surface area contributed by atoms with Gasteiger partial charge in [0.25, 0.3) is 0 Å². The van der Waals surface area contributed by atoms with Crippen molar-refractivity contribution in [2.45, 2.75) is 58.7 Å². The van der Waals surface area contributed by atoms with Crippen molar-refractivity contribution in [2.75, 3.05) is 6.61 Å². The van der Waals surface area contributed by atoms with Crippen molar-refractivity contribution >= 4 is 18.4 Å². The van der Waals surface area contributed by atoms with E-state index in [1.807, 2.05) is 20.8 Å². The summed E-state index contributed by atoms with van der Waals surface area (Å²) in [6.07, 6.45) is 0. The molecule has 0 aliphatic rings. The lowest BCUT2D eigenvalue weighted by Gasteiger charge is -2.28. The number of hydrogen-bond donors (Lipinski definition) is 2. The third kappa shape index (κ3) is 8.95. The number of carbonyl (C=O) groups is 1. The second-order valence-corrected chi connectivity index (χ2v) is 5.66. The fourth-order valence-electron chi connectivity index (χ4n) is 1.07. The van der Waals surface area contributed by atoms with Gasteiger partial charge in [-0.3, -0.25) is 10.1 Å². The van der Waals surface area contributed by atoms with Crippen molar-refractivity contribution in [1.82, 2.24) is 5.32 Å². The molecule has 0 aromatic heterocycles. The minimum absolute atomic E-state index is 0. The van der Waals surface area contributed by atoms with Crippen LogP contribution in [0.5, 0.6) is 0 Å². The van der Waals surface area contributed by atoms with E-state index < -0.39 is 17.6 Å². The van der Waals surface area contributed by atoms with Crippen molar-refractivity contribution in [3.8, 4) is 0 Å². The minimum Gasteiger partial charge on any atom is -0.459 e. The van der Waals surface area contributed by atoms with Gasteiger partial charge in [0.05, 0.1) is 6.61 Å². The zero-order valence-electron chi connectivity index (χ0n) is 11.0. The van der Waals surface area contributed by atoms with Crippen LogP contribution < -0.4 is 5.32 Å². The Balaban J connectivity index is 0. The molecule has 0 spiro atoms. The number of ether oxygens (including phenoxy) is 1. The van der Waals surface area contributed by atoms with E-state index in [-0.39, 0.29) is 24.6 Å². The van der Waals surface area contributed by atoms with E-state index in [0.29, 0.717) is 0 Å². The van der Waals surface area contributed by atoms with E-state index in [0.717, 1.165) is 0 Å². The van der Waals surface area contributed by atoms with Crippen LogP contribution in [-0.2, 0) is 9.53 Å². The molecule has 0 heterocycles. The maximum Gasteiger partial charge on any atom is 0.326 e. The SMILES string of the molecule is CC(C)(C)NC(CO)C(=O)OC(C)(C)C.Cl. The fraction of sp³-hybridized carbons (Fsp3) is 0.909. The summed E-state index contributed by atoms with van der Waals surface area (Å²) in [5.74, 6) is -0.417. The van der Waals surface area contributed by atoms with Gasteiger partial charge < -0.3 is 9.84 Å². The molecule has 0 saturated heterocycles. The van der Waals surface area contributed by atoms with Gasteiger partial charge in [0.2, 0.25) is 0 Å². The summed E-state index contributed by atoms with van der Waals surface area (Å²) in [7, 11) is 0. The molecule has 0 radical (unpaired) electrons. The van der Waals surface area contributed by atoms with Gasteiger partial charge >= 0.3 is 5.97 Å². The van der Waals surface area contributed by atoms with Crippen molar-refractivity contribution in [2.24, 2.45) is 0 Å². The highest BCUT2D eigenvalue weighted by Gasteiger charge is 2.27. The molecule has 1 unspecified atom stereocenters.